The molecule has 4 atom stereocenters. The maximum atomic E-state index is 14.0. The smallest absolute Gasteiger partial charge is 0.368 e. The average Bonchev–Trinajstić information content (AvgIpc) is 3.76. The summed E-state index contributed by atoms with van der Waals surface area (Å²) in [6.45, 7) is -0.200. The van der Waals surface area contributed by atoms with Crippen LogP contribution in [0.5, 0.6) is 0 Å². The van der Waals surface area contributed by atoms with Gasteiger partial charge in [-0.2, -0.15) is 13.2 Å². The monoisotopic (exact) mass is 553 g/mol. The summed E-state index contributed by atoms with van der Waals surface area (Å²) >= 11 is 0. The molecule has 1 saturated heterocycles. The molecular weight excluding hydrogens is 523 g/mol. The first-order chi connectivity index (χ1) is 18.3. The van der Waals surface area contributed by atoms with Crippen LogP contribution in [0.2, 0.25) is 0 Å². The molecule has 2 aliphatic carbocycles. The van der Waals surface area contributed by atoms with Crippen LogP contribution in [0.15, 0.2) is 12.4 Å². The van der Waals surface area contributed by atoms with E-state index in [0.29, 0.717) is 0 Å². The van der Waals surface area contributed by atoms with Crippen molar-refractivity contribution < 1.29 is 37.1 Å². The normalized spacial score (nSPS) is 25.7. The number of nitrogens with zero attached hydrogens (tertiary/aromatic N) is 4. The number of hydrogen-bond donors (Lipinski definition) is 3. The van der Waals surface area contributed by atoms with Crippen LogP contribution in [0.25, 0.3) is 0 Å². The van der Waals surface area contributed by atoms with Gasteiger partial charge in [-0.15, -0.1) is 0 Å². The molecule has 12 nitrogen and oxygen atoms in total. The van der Waals surface area contributed by atoms with Crippen molar-refractivity contribution in [3.8, 4) is 0 Å². The van der Waals surface area contributed by atoms with Crippen molar-refractivity contribution in [1.29, 1.82) is 0 Å². The Labute approximate surface area is 221 Å². The first-order valence-electron chi connectivity index (χ1n) is 12.9. The van der Waals surface area contributed by atoms with E-state index in [4.69, 9.17) is 5.73 Å². The van der Waals surface area contributed by atoms with Crippen LogP contribution >= 0.6 is 0 Å². The van der Waals surface area contributed by atoms with E-state index in [9.17, 15) is 37.1 Å². The number of primary amides is 1. The van der Waals surface area contributed by atoms with Crippen LogP contribution < -0.4 is 16.4 Å². The fraction of sp³-hybridized carbons (Fsp3) is 0.667. The van der Waals surface area contributed by atoms with Gasteiger partial charge in [0.15, 0.2) is 0 Å². The Morgan fingerprint density at radius 1 is 1.21 bits per heavy atom. The van der Waals surface area contributed by atoms with Gasteiger partial charge in [-0.1, -0.05) is 25.7 Å². The lowest BCUT2D eigenvalue weighted by atomic mass is 9.95. The second kappa shape index (κ2) is 9.52. The van der Waals surface area contributed by atoms with Gasteiger partial charge in [-0.3, -0.25) is 33.9 Å². The molecule has 3 fully saturated rings. The molecule has 4 N–H and O–H groups in total. The number of nitrogens with one attached hydrogen (secondary N) is 2. The fourth-order valence-electron chi connectivity index (χ4n) is 5.61. The van der Waals surface area contributed by atoms with Crippen molar-refractivity contribution >= 4 is 35.5 Å². The third kappa shape index (κ3) is 5.05. The number of halogens is 3. The third-order valence-corrected chi connectivity index (χ3v) is 8.18. The predicted molar refractivity (Wildman–Crippen MR) is 127 cm³/mol. The number of carbonyl (C=O) groups is 5. The lowest BCUT2D eigenvalue weighted by molar-refractivity contribution is -0.175. The minimum atomic E-state index is -5.17. The highest BCUT2D eigenvalue weighted by Gasteiger charge is 2.58. The predicted octanol–water partition coefficient (Wildman–Crippen LogP) is 0.0910. The zero-order chi connectivity index (χ0) is 28.3. The van der Waals surface area contributed by atoms with E-state index in [1.54, 1.807) is 16.1 Å². The number of imidazole rings is 1. The number of amides is 5. The molecule has 15 heteroatoms. The number of rotatable bonds is 9. The quantitative estimate of drug-likeness (QED) is 0.393. The van der Waals surface area contributed by atoms with Crippen molar-refractivity contribution in [3.63, 3.8) is 0 Å². The molecule has 1 aromatic rings. The zero-order valence-corrected chi connectivity index (χ0v) is 21.2. The topological polar surface area (TPSA) is 160 Å². The highest BCUT2D eigenvalue weighted by molar-refractivity contribution is 6.02. The molecule has 0 radical (unpaired) electrons. The Morgan fingerprint density at radius 2 is 1.85 bits per heavy atom. The summed E-state index contributed by atoms with van der Waals surface area (Å²) in [5, 5.41) is 4.44. The van der Waals surface area contributed by atoms with Gasteiger partial charge in [-0.05, 0) is 24.7 Å². The fourth-order valence-corrected chi connectivity index (χ4v) is 5.61. The summed E-state index contributed by atoms with van der Waals surface area (Å²) in [6, 6.07) is -3.75. The van der Waals surface area contributed by atoms with Gasteiger partial charge >= 0.3 is 12.1 Å². The molecule has 2 saturated carbocycles. The van der Waals surface area contributed by atoms with Gasteiger partial charge in [0.1, 0.15) is 23.7 Å². The Hall–Kier alpha value is -3.65. The molecule has 2 aliphatic heterocycles. The second-order valence-corrected chi connectivity index (χ2v) is 11.0. The van der Waals surface area contributed by atoms with E-state index in [-0.39, 0.29) is 43.6 Å². The molecule has 5 amide bonds. The Balaban J connectivity index is 1.41. The van der Waals surface area contributed by atoms with E-state index in [1.807, 2.05) is 0 Å². The van der Waals surface area contributed by atoms with E-state index in [1.165, 1.54) is 18.1 Å². The summed E-state index contributed by atoms with van der Waals surface area (Å²) in [5.41, 5.74) is 4.33. The maximum Gasteiger partial charge on any atom is 0.471 e. The molecule has 4 aliphatic rings. The highest BCUT2D eigenvalue weighted by Crippen LogP contribution is 2.42. The molecule has 0 aromatic carbocycles. The van der Waals surface area contributed by atoms with E-state index in [2.05, 4.69) is 10.3 Å². The number of aromatic nitrogens is 2. The Kier molecular flexibility index (Phi) is 6.58. The summed E-state index contributed by atoms with van der Waals surface area (Å²) in [5.74, 6) is -4.58. The van der Waals surface area contributed by atoms with Crippen LogP contribution in [0.4, 0.5) is 19.1 Å². The summed E-state index contributed by atoms with van der Waals surface area (Å²) in [4.78, 5) is 71.0. The largest absolute Gasteiger partial charge is 0.471 e. The van der Waals surface area contributed by atoms with E-state index < -0.39 is 59.4 Å². The van der Waals surface area contributed by atoms with Gasteiger partial charge in [0, 0.05) is 25.9 Å². The molecule has 0 bridgehead atoms. The summed E-state index contributed by atoms with van der Waals surface area (Å²) in [6.07, 6.45) is 1.10. The van der Waals surface area contributed by atoms with Crippen molar-refractivity contribution in [2.24, 2.45) is 17.6 Å². The Morgan fingerprint density at radius 3 is 2.44 bits per heavy atom. The lowest BCUT2D eigenvalue weighted by Gasteiger charge is -2.35. The SMILES string of the molecule is CN(C(=O)[C@H](CC1CC1)NC(=O)C(F)(F)F)C(CC1CC1)C(=O)N1C[C@]2(C[C@H]1C(N)=O)C(=O)Nc1nccn12. The highest BCUT2D eigenvalue weighted by atomic mass is 19.4. The second-order valence-electron chi connectivity index (χ2n) is 11.0. The summed E-state index contributed by atoms with van der Waals surface area (Å²) < 4.78 is 40.5. The molecular formula is C24H30F3N7O5. The number of anilines is 1. The van der Waals surface area contributed by atoms with Crippen molar-refractivity contribution in [2.45, 2.75) is 74.8 Å². The summed E-state index contributed by atoms with van der Waals surface area (Å²) in [7, 11) is 1.31. The van der Waals surface area contributed by atoms with E-state index in [0.717, 1.165) is 30.6 Å². The van der Waals surface area contributed by atoms with Crippen LogP contribution in [0.3, 0.4) is 0 Å². The van der Waals surface area contributed by atoms with Crippen molar-refractivity contribution in [2.75, 3.05) is 18.9 Å². The van der Waals surface area contributed by atoms with Crippen LogP contribution in [-0.2, 0) is 29.5 Å². The van der Waals surface area contributed by atoms with Gasteiger partial charge < -0.3 is 20.9 Å². The van der Waals surface area contributed by atoms with Crippen molar-refractivity contribution in [1.82, 2.24) is 24.7 Å². The first-order valence-corrected chi connectivity index (χ1v) is 12.9. The van der Waals surface area contributed by atoms with Crippen LogP contribution in [0.1, 0.15) is 44.9 Å². The maximum absolute atomic E-state index is 14.0. The minimum absolute atomic E-state index is 0.00130. The van der Waals surface area contributed by atoms with Gasteiger partial charge in [0.2, 0.25) is 23.7 Å². The van der Waals surface area contributed by atoms with Gasteiger partial charge in [-0.25, -0.2) is 4.98 Å². The number of carbonyl (C=O) groups excluding carboxylic acids is 5. The third-order valence-electron chi connectivity index (χ3n) is 8.18. The number of nitrogens with two attached hydrogens (primary N) is 1. The number of hydrogen-bond acceptors (Lipinski definition) is 6. The molecule has 5 rings (SSSR count). The molecule has 1 spiro atoms. The number of likely N-dealkylation sites (tertiary alicyclic amines) is 1. The number of likely N-dealkylation sites (N-methyl/N-ethyl adjacent to an activating group) is 1. The van der Waals surface area contributed by atoms with Crippen molar-refractivity contribution in [3.05, 3.63) is 12.4 Å². The molecule has 39 heavy (non-hydrogen) atoms. The molecule has 3 heterocycles. The lowest BCUT2D eigenvalue weighted by Crippen LogP contribution is -2.58. The molecule has 1 aromatic heterocycles. The number of alkyl halides is 3. The van der Waals surface area contributed by atoms with Gasteiger partial charge in [0.05, 0.1) is 6.54 Å². The van der Waals surface area contributed by atoms with Crippen LogP contribution in [-0.4, -0.2) is 86.8 Å². The Bertz CT molecular complexity index is 1210. The van der Waals surface area contributed by atoms with Crippen LogP contribution in [0, 0.1) is 11.8 Å². The average molecular weight is 554 g/mol. The van der Waals surface area contributed by atoms with Gasteiger partial charge in [0.25, 0.3) is 5.91 Å². The molecule has 1 unspecified atom stereocenters. The number of fused-ring (bicyclic) bond motifs is 2. The standard InChI is InChI=1S/C24H30F3N7O5/c1-32(18(36)14(8-12-2-3-12)30-21(39)24(25,26)27)15(9-13-4-5-13)19(37)33-11-23(10-16(33)17(28)35)20(38)31-22-29-6-7-34(22)23/h6-7,12-16H,2-5,8-11H2,1H3,(H2,28,35)(H,30,39)(H,29,31,38)/t14-,15?,16-,23+/m0/s1. The van der Waals surface area contributed by atoms with E-state index >= 15 is 0 Å². The zero-order valence-electron chi connectivity index (χ0n) is 21.2. The molecule has 212 valence electrons. The minimum Gasteiger partial charge on any atom is -0.368 e. The first kappa shape index (κ1) is 26.9.